The second kappa shape index (κ2) is 6.89. The van der Waals surface area contributed by atoms with Crippen molar-refractivity contribution in [2.24, 2.45) is 0 Å². The minimum absolute atomic E-state index is 0.110. The van der Waals surface area contributed by atoms with Crippen molar-refractivity contribution in [2.75, 3.05) is 5.32 Å². The first-order chi connectivity index (χ1) is 11.9. The number of carbonyl (C=O) groups is 1. The van der Waals surface area contributed by atoms with E-state index < -0.39 is 0 Å². The SMILES string of the molecule is CC(C)(C)c1cc(NC(=O)c2ccccc2)n(Cc2ccccn2)n1. The number of aromatic nitrogens is 3. The minimum Gasteiger partial charge on any atom is -0.307 e. The summed E-state index contributed by atoms with van der Waals surface area (Å²) in [5.41, 5.74) is 2.32. The van der Waals surface area contributed by atoms with Crippen LogP contribution in [-0.4, -0.2) is 20.7 Å². The Balaban J connectivity index is 1.91. The van der Waals surface area contributed by atoms with E-state index in [1.165, 1.54) is 0 Å². The van der Waals surface area contributed by atoms with Crippen molar-refractivity contribution in [1.29, 1.82) is 0 Å². The fourth-order valence-corrected chi connectivity index (χ4v) is 2.43. The van der Waals surface area contributed by atoms with Gasteiger partial charge in [-0.3, -0.25) is 9.78 Å². The highest BCUT2D eigenvalue weighted by molar-refractivity contribution is 6.03. The number of hydrogen-bond donors (Lipinski definition) is 1. The minimum atomic E-state index is -0.150. The zero-order valence-electron chi connectivity index (χ0n) is 14.7. The lowest BCUT2D eigenvalue weighted by molar-refractivity contribution is 0.102. The van der Waals surface area contributed by atoms with Gasteiger partial charge in [-0.15, -0.1) is 0 Å². The van der Waals surface area contributed by atoms with Gasteiger partial charge in [0.15, 0.2) is 0 Å². The van der Waals surface area contributed by atoms with Crippen molar-refractivity contribution in [3.63, 3.8) is 0 Å². The summed E-state index contributed by atoms with van der Waals surface area (Å²) in [6.07, 6.45) is 1.76. The molecule has 0 saturated heterocycles. The zero-order valence-corrected chi connectivity index (χ0v) is 14.7. The van der Waals surface area contributed by atoms with E-state index in [1.807, 2.05) is 42.5 Å². The number of nitrogens with zero attached hydrogens (tertiary/aromatic N) is 3. The highest BCUT2D eigenvalue weighted by Gasteiger charge is 2.21. The van der Waals surface area contributed by atoms with Crippen LogP contribution in [0.15, 0.2) is 60.8 Å². The number of benzene rings is 1. The van der Waals surface area contributed by atoms with Gasteiger partial charge in [-0.2, -0.15) is 5.10 Å². The summed E-state index contributed by atoms with van der Waals surface area (Å²) >= 11 is 0. The lowest BCUT2D eigenvalue weighted by atomic mass is 9.92. The van der Waals surface area contributed by atoms with Crippen LogP contribution in [0.1, 0.15) is 42.5 Å². The van der Waals surface area contributed by atoms with E-state index in [4.69, 9.17) is 0 Å². The van der Waals surface area contributed by atoms with E-state index in [9.17, 15) is 4.79 Å². The molecule has 0 aliphatic carbocycles. The molecule has 128 valence electrons. The highest BCUT2D eigenvalue weighted by atomic mass is 16.1. The fraction of sp³-hybridized carbons (Fsp3) is 0.250. The van der Waals surface area contributed by atoms with Crippen molar-refractivity contribution in [1.82, 2.24) is 14.8 Å². The molecule has 0 radical (unpaired) electrons. The average molecular weight is 334 g/mol. The van der Waals surface area contributed by atoms with Crippen LogP contribution in [0.2, 0.25) is 0 Å². The van der Waals surface area contributed by atoms with Crippen LogP contribution >= 0.6 is 0 Å². The number of rotatable bonds is 4. The first kappa shape index (κ1) is 16.9. The van der Waals surface area contributed by atoms with Gasteiger partial charge in [0.1, 0.15) is 5.82 Å². The third kappa shape index (κ3) is 4.12. The summed E-state index contributed by atoms with van der Waals surface area (Å²) in [6.45, 7) is 6.80. The maximum atomic E-state index is 12.5. The molecule has 0 atom stereocenters. The van der Waals surface area contributed by atoms with E-state index >= 15 is 0 Å². The van der Waals surface area contributed by atoms with Crippen molar-refractivity contribution in [2.45, 2.75) is 32.7 Å². The Bertz CT molecular complexity index is 848. The van der Waals surface area contributed by atoms with E-state index in [0.717, 1.165) is 11.4 Å². The standard InChI is InChI=1S/C20H22N4O/c1-20(2,3)17-13-18(22-19(25)15-9-5-4-6-10-15)24(23-17)14-16-11-7-8-12-21-16/h4-13H,14H2,1-3H3,(H,22,25). The third-order valence-corrected chi connectivity index (χ3v) is 3.86. The summed E-state index contributed by atoms with van der Waals surface area (Å²) in [5, 5.41) is 7.66. The number of hydrogen-bond acceptors (Lipinski definition) is 3. The van der Waals surface area contributed by atoms with E-state index in [-0.39, 0.29) is 11.3 Å². The summed E-state index contributed by atoms with van der Waals surface area (Å²) in [7, 11) is 0. The van der Waals surface area contributed by atoms with Crippen LogP contribution < -0.4 is 5.32 Å². The molecule has 1 amide bonds. The molecule has 25 heavy (non-hydrogen) atoms. The van der Waals surface area contributed by atoms with E-state index in [0.29, 0.717) is 17.9 Å². The molecule has 0 fully saturated rings. The Morgan fingerprint density at radius 3 is 2.44 bits per heavy atom. The first-order valence-corrected chi connectivity index (χ1v) is 8.28. The van der Waals surface area contributed by atoms with Gasteiger partial charge in [-0.25, -0.2) is 4.68 Å². The third-order valence-electron chi connectivity index (χ3n) is 3.86. The van der Waals surface area contributed by atoms with Crippen LogP contribution in [0.5, 0.6) is 0 Å². The molecule has 1 aromatic carbocycles. The maximum Gasteiger partial charge on any atom is 0.256 e. The Morgan fingerprint density at radius 2 is 1.80 bits per heavy atom. The molecule has 3 rings (SSSR count). The molecule has 1 N–H and O–H groups in total. The largest absolute Gasteiger partial charge is 0.307 e. The van der Waals surface area contributed by atoms with Crippen molar-refractivity contribution in [3.8, 4) is 0 Å². The summed E-state index contributed by atoms with van der Waals surface area (Å²) in [6, 6.07) is 16.9. The highest BCUT2D eigenvalue weighted by Crippen LogP contribution is 2.24. The van der Waals surface area contributed by atoms with Crippen LogP contribution in [0.3, 0.4) is 0 Å². The molecular formula is C20H22N4O. The Morgan fingerprint density at radius 1 is 1.08 bits per heavy atom. The smallest absolute Gasteiger partial charge is 0.256 e. The van der Waals surface area contributed by atoms with E-state index in [2.05, 4.69) is 36.2 Å². The molecule has 5 nitrogen and oxygen atoms in total. The second-order valence-corrected chi connectivity index (χ2v) is 6.96. The molecule has 0 saturated carbocycles. The molecule has 0 aliphatic rings. The number of pyridine rings is 1. The van der Waals surface area contributed by atoms with Crippen LogP contribution in [0, 0.1) is 0 Å². The van der Waals surface area contributed by atoms with Crippen molar-refractivity contribution < 1.29 is 4.79 Å². The van der Waals surface area contributed by atoms with Gasteiger partial charge in [0.25, 0.3) is 5.91 Å². The quantitative estimate of drug-likeness (QED) is 0.788. The second-order valence-electron chi connectivity index (χ2n) is 6.96. The zero-order chi connectivity index (χ0) is 17.9. The molecule has 0 unspecified atom stereocenters. The van der Waals surface area contributed by atoms with Gasteiger partial charge < -0.3 is 5.32 Å². The molecule has 5 heteroatoms. The Kier molecular flexibility index (Phi) is 4.65. The first-order valence-electron chi connectivity index (χ1n) is 8.28. The summed E-state index contributed by atoms with van der Waals surface area (Å²) < 4.78 is 1.80. The lowest BCUT2D eigenvalue weighted by Crippen LogP contribution is -2.16. The molecule has 0 spiro atoms. The van der Waals surface area contributed by atoms with Gasteiger partial charge in [0, 0.05) is 23.2 Å². The number of amides is 1. The van der Waals surface area contributed by atoms with Crippen LogP contribution in [0.4, 0.5) is 5.82 Å². The molecular weight excluding hydrogens is 312 g/mol. The monoisotopic (exact) mass is 334 g/mol. The summed E-state index contributed by atoms with van der Waals surface area (Å²) in [4.78, 5) is 16.9. The number of nitrogens with one attached hydrogen (secondary N) is 1. The Labute approximate surface area is 147 Å². The Hall–Kier alpha value is -2.95. The average Bonchev–Trinajstić information content (AvgIpc) is 2.99. The molecule has 2 heterocycles. The normalized spacial score (nSPS) is 11.3. The van der Waals surface area contributed by atoms with Crippen molar-refractivity contribution >= 4 is 11.7 Å². The molecule has 2 aromatic heterocycles. The fourth-order valence-electron chi connectivity index (χ4n) is 2.43. The predicted octanol–water partition coefficient (Wildman–Crippen LogP) is 3.88. The predicted molar refractivity (Wildman–Crippen MR) is 98.7 cm³/mol. The van der Waals surface area contributed by atoms with Gasteiger partial charge in [-0.1, -0.05) is 45.0 Å². The maximum absolute atomic E-state index is 12.5. The molecule has 3 aromatic rings. The molecule has 0 bridgehead atoms. The van der Waals surface area contributed by atoms with Gasteiger partial charge in [0.05, 0.1) is 17.9 Å². The summed E-state index contributed by atoms with van der Waals surface area (Å²) in [5.74, 6) is 0.521. The van der Waals surface area contributed by atoms with E-state index in [1.54, 1.807) is 23.0 Å². The topological polar surface area (TPSA) is 59.8 Å². The number of carbonyl (C=O) groups excluding carboxylic acids is 1. The van der Waals surface area contributed by atoms with Gasteiger partial charge >= 0.3 is 0 Å². The number of anilines is 1. The molecule has 0 aliphatic heterocycles. The van der Waals surface area contributed by atoms with Gasteiger partial charge in [0.2, 0.25) is 0 Å². The lowest BCUT2D eigenvalue weighted by Gasteiger charge is -2.14. The van der Waals surface area contributed by atoms with Crippen LogP contribution in [0.25, 0.3) is 0 Å². The van der Waals surface area contributed by atoms with Crippen LogP contribution in [-0.2, 0) is 12.0 Å². The van der Waals surface area contributed by atoms with Gasteiger partial charge in [-0.05, 0) is 24.3 Å². The van der Waals surface area contributed by atoms with Crippen molar-refractivity contribution in [3.05, 3.63) is 77.7 Å².